The molecule has 0 bridgehead atoms. The Labute approximate surface area is 155 Å². The van der Waals surface area contributed by atoms with E-state index in [1.807, 2.05) is 19.1 Å². The minimum absolute atomic E-state index is 0.697. The van der Waals surface area contributed by atoms with Gasteiger partial charge in [-0.1, -0.05) is 60.7 Å². The van der Waals surface area contributed by atoms with E-state index in [4.69, 9.17) is 4.98 Å². The Morgan fingerprint density at radius 2 is 1.54 bits per heavy atom. The number of nitrogens with one attached hydrogen (secondary N) is 1. The molecule has 134 valence electrons. The Morgan fingerprint density at radius 3 is 2.19 bits per heavy atom. The van der Waals surface area contributed by atoms with Crippen molar-refractivity contribution >= 4 is 11.8 Å². The highest BCUT2D eigenvalue weighted by atomic mass is 15.2. The second-order valence-corrected chi connectivity index (χ2v) is 6.35. The Balaban J connectivity index is 1.67. The third kappa shape index (κ3) is 5.06. The van der Waals surface area contributed by atoms with E-state index in [1.165, 1.54) is 11.1 Å². The van der Waals surface area contributed by atoms with Gasteiger partial charge < -0.3 is 10.2 Å². The molecule has 26 heavy (non-hydrogen) atoms. The van der Waals surface area contributed by atoms with Crippen molar-refractivity contribution in [3.05, 3.63) is 83.6 Å². The van der Waals surface area contributed by atoms with E-state index < -0.39 is 0 Å². The van der Waals surface area contributed by atoms with Gasteiger partial charge in [0.25, 0.3) is 0 Å². The molecule has 0 radical (unpaired) electrons. The van der Waals surface area contributed by atoms with Gasteiger partial charge in [-0.15, -0.1) is 0 Å². The van der Waals surface area contributed by atoms with Crippen LogP contribution in [0.5, 0.6) is 0 Å². The van der Waals surface area contributed by atoms with Crippen molar-refractivity contribution in [1.82, 2.24) is 9.97 Å². The van der Waals surface area contributed by atoms with Crippen molar-refractivity contribution < 1.29 is 0 Å². The quantitative estimate of drug-likeness (QED) is 0.653. The molecule has 0 aliphatic rings. The van der Waals surface area contributed by atoms with Gasteiger partial charge in [0.2, 0.25) is 5.95 Å². The van der Waals surface area contributed by atoms with Gasteiger partial charge in [-0.2, -0.15) is 4.98 Å². The summed E-state index contributed by atoms with van der Waals surface area (Å²) in [4.78, 5) is 11.5. The Hall–Kier alpha value is -2.88. The molecule has 1 N–H and O–H groups in total. The molecule has 0 aliphatic carbocycles. The summed E-state index contributed by atoms with van der Waals surface area (Å²) in [5.41, 5.74) is 3.57. The summed E-state index contributed by atoms with van der Waals surface area (Å²) in [5.74, 6) is 1.66. The molecule has 2 aromatic carbocycles. The third-order valence-electron chi connectivity index (χ3n) is 4.30. The summed E-state index contributed by atoms with van der Waals surface area (Å²) in [7, 11) is 0. The lowest BCUT2D eigenvalue weighted by molar-refractivity contribution is 0.807. The average molecular weight is 346 g/mol. The van der Waals surface area contributed by atoms with Gasteiger partial charge in [0.05, 0.1) is 0 Å². The predicted octanol–water partition coefficient (Wildman–Crippen LogP) is 4.47. The van der Waals surface area contributed by atoms with E-state index in [1.54, 1.807) is 0 Å². The Bertz CT molecular complexity index is 803. The molecular formula is C22H26N4. The van der Waals surface area contributed by atoms with Crippen LogP contribution in [0.3, 0.4) is 0 Å². The number of nitrogens with zero attached hydrogens (tertiary/aromatic N) is 3. The fourth-order valence-electron chi connectivity index (χ4n) is 2.91. The first-order valence-electron chi connectivity index (χ1n) is 9.17. The first-order chi connectivity index (χ1) is 12.7. The highest BCUT2D eigenvalue weighted by molar-refractivity contribution is 5.45. The maximum atomic E-state index is 4.74. The molecule has 0 unspecified atom stereocenters. The van der Waals surface area contributed by atoms with Gasteiger partial charge in [-0.3, -0.25) is 0 Å². The van der Waals surface area contributed by atoms with Gasteiger partial charge in [0, 0.05) is 31.4 Å². The summed E-state index contributed by atoms with van der Waals surface area (Å²) in [6, 6.07) is 23.0. The topological polar surface area (TPSA) is 41.1 Å². The fraction of sp³-hybridized carbons (Fsp3) is 0.273. The molecule has 0 aliphatic heterocycles. The second kappa shape index (κ2) is 8.99. The standard InChI is InChI=1S/C22H26N4/c1-3-26(17-20-12-8-5-9-13-20)21-16-18(2)24-22(25-21)23-15-14-19-10-6-4-7-11-19/h4-13,16H,3,14-15,17H2,1-2H3,(H,23,24,25). The number of hydrogen-bond acceptors (Lipinski definition) is 4. The lowest BCUT2D eigenvalue weighted by Crippen LogP contribution is -2.24. The summed E-state index contributed by atoms with van der Waals surface area (Å²) in [6.45, 7) is 6.73. The van der Waals surface area contributed by atoms with Gasteiger partial charge in [0.1, 0.15) is 5.82 Å². The second-order valence-electron chi connectivity index (χ2n) is 6.35. The molecule has 1 aromatic heterocycles. The minimum atomic E-state index is 0.697. The maximum Gasteiger partial charge on any atom is 0.224 e. The molecule has 4 nitrogen and oxygen atoms in total. The van der Waals surface area contributed by atoms with Crippen LogP contribution in [0.25, 0.3) is 0 Å². The van der Waals surface area contributed by atoms with E-state index in [0.29, 0.717) is 5.95 Å². The number of aromatic nitrogens is 2. The number of anilines is 2. The van der Waals surface area contributed by atoms with Gasteiger partial charge >= 0.3 is 0 Å². The SMILES string of the molecule is CCN(Cc1ccccc1)c1cc(C)nc(NCCc2ccccc2)n1. The zero-order valence-corrected chi connectivity index (χ0v) is 15.5. The van der Waals surface area contributed by atoms with Crippen LogP contribution in [-0.2, 0) is 13.0 Å². The molecule has 1 heterocycles. The molecule has 0 atom stereocenters. The van der Waals surface area contributed by atoms with Crippen molar-refractivity contribution in [2.45, 2.75) is 26.8 Å². The van der Waals surface area contributed by atoms with E-state index in [9.17, 15) is 0 Å². The van der Waals surface area contributed by atoms with Crippen LogP contribution in [0.15, 0.2) is 66.7 Å². The van der Waals surface area contributed by atoms with Crippen LogP contribution < -0.4 is 10.2 Å². The van der Waals surface area contributed by atoms with Gasteiger partial charge in [-0.05, 0) is 31.4 Å². The number of rotatable bonds is 8. The van der Waals surface area contributed by atoms with Crippen LogP contribution in [0.2, 0.25) is 0 Å². The lowest BCUT2D eigenvalue weighted by Gasteiger charge is -2.23. The van der Waals surface area contributed by atoms with E-state index >= 15 is 0 Å². The van der Waals surface area contributed by atoms with Gasteiger partial charge in [0.15, 0.2) is 0 Å². The monoisotopic (exact) mass is 346 g/mol. The Morgan fingerprint density at radius 1 is 0.885 bits per heavy atom. The Kier molecular flexibility index (Phi) is 6.20. The largest absolute Gasteiger partial charge is 0.354 e. The average Bonchev–Trinajstić information content (AvgIpc) is 2.67. The summed E-state index contributed by atoms with van der Waals surface area (Å²) >= 11 is 0. The summed E-state index contributed by atoms with van der Waals surface area (Å²) in [6.07, 6.45) is 0.953. The fourth-order valence-corrected chi connectivity index (χ4v) is 2.91. The van der Waals surface area contributed by atoms with Crippen LogP contribution in [-0.4, -0.2) is 23.1 Å². The predicted molar refractivity (Wildman–Crippen MR) is 109 cm³/mol. The van der Waals surface area contributed by atoms with Crippen molar-refractivity contribution in [3.8, 4) is 0 Å². The van der Waals surface area contributed by atoms with Crippen molar-refractivity contribution in [2.24, 2.45) is 0 Å². The molecule has 0 spiro atoms. The van der Waals surface area contributed by atoms with Crippen LogP contribution >= 0.6 is 0 Å². The van der Waals surface area contributed by atoms with E-state index in [2.05, 4.69) is 76.7 Å². The molecule has 0 fully saturated rings. The highest BCUT2D eigenvalue weighted by Gasteiger charge is 2.10. The summed E-state index contributed by atoms with van der Waals surface area (Å²) < 4.78 is 0. The zero-order chi connectivity index (χ0) is 18.2. The maximum absolute atomic E-state index is 4.74. The number of hydrogen-bond donors (Lipinski definition) is 1. The van der Waals surface area contributed by atoms with Crippen molar-refractivity contribution in [1.29, 1.82) is 0 Å². The third-order valence-corrected chi connectivity index (χ3v) is 4.30. The number of benzene rings is 2. The van der Waals surface area contributed by atoms with Crippen molar-refractivity contribution in [3.63, 3.8) is 0 Å². The van der Waals surface area contributed by atoms with E-state index in [-0.39, 0.29) is 0 Å². The molecule has 4 heteroatoms. The highest BCUT2D eigenvalue weighted by Crippen LogP contribution is 2.17. The van der Waals surface area contributed by atoms with Crippen molar-refractivity contribution in [2.75, 3.05) is 23.3 Å². The summed E-state index contributed by atoms with van der Waals surface area (Å²) in [5, 5.41) is 3.37. The first-order valence-corrected chi connectivity index (χ1v) is 9.17. The lowest BCUT2D eigenvalue weighted by atomic mass is 10.1. The zero-order valence-electron chi connectivity index (χ0n) is 15.5. The molecule has 0 saturated heterocycles. The van der Waals surface area contributed by atoms with Crippen LogP contribution in [0.4, 0.5) is 11.8 Å². The van der Waals surface area contributed by atoms with Gasteiger partial charge in [-0.25, -0.2) is 4.98 Å². The minimum Gasteiger partial charge on any atom is -0.354 e. The molecule has 0 amide bonds. The molecule has 3 aromatic rings. The van der Waals surface area contributed by atoms with Crippen LogP contribution in [0, 0.1) is 6.92 Å². The molecular weight excluding hydrogens is 320 g/mol. The first kappa shape index (κ1) is 17.9. The normalized spacial score (nSPS) is 10.5. The van der Waals surface area contributed by atoms with Crippen LogP contribution in [0.1, 0.15) is 23.7 Å². The number of aryl methyl sites for hydroxylation is 1. The van der Waals surface area contributed by atoms with E-state index in [0.717, 1.165) is 37.6 Å². The smallest absolute Gasteiger partial charge is 0.224 e. The molecule has 3 rings (SSSR count). The molecule has 0 saturated carbocycles.